The Balaban J connectivity index is 1.54. The molecule has 8 nitrogen and oxygen atoms in total. The smallest absolute Gasteiger partial charge is 0.227 e. The molecule has 168 valence electrons. The molecule has 2 aliphatic heterocycles. The molecule has 2 aliphatic rings. The largest absolute Gasteiger partial charge is 0.494 e. The Kier molecular flexibility index (Phi) is 8.10. The Bertz CT molecular complexity index is 793. The lowest BCUT2D eigenvalue weighted by molar-refractivity contribution is -0.129. The molecule has 0 radical (unpaired) electrons. The highest BCUT2D eigenvalue weighted by molar-refractivity contribution is 7.88. The summed E-state index contributed by atoms with van der Waals surface area (Å²) in [5.74, 6) is 0.822. The maximum absolute atomic E-state index is 12.8. The summed E-state index contributed by atoms with van der Waals surface area (Å²) in [6.07, 6.45) is 2.24. The number of morpholine rings is 1. The number of ether oxygens (including phenoxy) is 2. The second-order valence-corrected chi connectivity index (χ2v) is 9.80. The zero-order valence-electron chi connectivity index (χ0n) is 18.0. The van der Waals surface area contributed by atoms with Gasteiger partial charge in [0.15, 0.2) is 0 Å². The number of carbonyl (C=O) groups excluding carboxylic acids is 1. The quantitative estimate of drug-likeness (QED) is 0.567. The van der Waals surface area contributed by atoms with Crippen molar-refractivity contribution in [2.24, 2.45) is 0 Å². The molecule has 2 fully saturated rings. The maximum Gasteiger partial charge on any atom is 0.227 e. The summed E-state index contributed by atoms with van der Waals surface area (Å²) in [7, 11) is -3.34. The van der Waals surface area contributed by atoms with Crippen LogP contribution in [0.25, 0.3) is 0 Å². The Morgan fingerprint density at radius 3 is 2.53 bits per heavy atom. The monoisotopic (exact) mass is 439 g/mol. The van der Waals surface area contributed by atoms with E-state index in [1.807, 2.05) is 31.2 Å². The summed E-state index contributed by atoms with van der Waals surface area (Å²) in [5.41, 5.74) is 0.930. The van der Waals surface area contributed by atoms with Crippen molar-refractivity contribution in [2.45, 2.75) is 25.8 Å². The van der Waals surface area contributed by atoms with Gasteiger partial charge < -0.3 is 14.4 Å². The van der Waals surface area contributed by atoms with Crippen molar-refractivity contribution in [3.8, 4) is 5.75 Å². The lowest BCUT2D eigenvalue weighted by atomic mass is 10.1. The van der Waals surface area contributed by atoms with E-state index >= 15 is 0 Å². The van der Waals surface area contributed by atoms with E-state index in [4.69, 9.17) is 9.47 Å². The molecular weight excluding hydrogens is 406 g/mol. The lowest BCUT2D eigenvalue weighted by Crippen LogP contribution is -2.47. The molecule has 0 spiro atoms. The number of likely N-dealkylation sites (tertiary alicyclic amines) is 1. The van der Waals surface area contributed by atoms with E-state index in [2.05, 4.69) is 4.90 Å². The summed E-state index contributed by atoms with van der Waals surface area (Å²) >= 11 is 0. The van der Waals surface area contributed by atoms with Crippen LogP contribution in [0.5, 0.6) is 5.75 Å². The number of carbonyl (C=O) groups is 1. The Labute approximate surface area is 179 Å². The van der Waals surface area contributed by atoms with Gasteiger partial charge in [-0.25, -0.2) is 8.42 Å². The molecule has 0 N–H and O–H groups in total. The Hall–Kier alpha value is -1.68. The summed E-state index contributed by atoms with van der Waals surface area (Å²) in [5, 5.41) is 0. The van der Waals surface area contributed by atoms with Crippen molar-refractivity contribution in [3.05, 3.63) is 29.8 Å². The molecule has 2 heterocycles. The fraction of sp³-hybridized carbons (Fsp3) is 0.667. The van der Waals surface area contributed by atoms with Crippen LogP contribution in [0.3, 0.4) is 0 Å². The summed E-state index contributed by atoms with van der Waals surface area (Å²) < 4.78 is 37.2. The fourth-order valence-electron chi connectivity index (χ4n) is 4.04. The van der Waals surface area contributed by atoms with Crippen LogP contribution in [0.1, 0.15) is 18.9 Å². The summed E-state index contributed by atoms with van der Waals surface area (Å²) in [4.78, 5) is 16.8. The van der Waals surface area contributed by atoms with Crippen LogP contribution >= 0.6 is 0 Å². The van der Waals surface area contributed by atoms with Crippen LogP contribution in [0.2, 0.25) is 0 Å². The molecular formula is C21H33N3O5S. The van der Waals surface area contributed by atoms with E-state index in [9.17, 15) is 13.2 Å². The molecule has 30 heavy (non-hydrogen) atoms. The van der Waals surface area contributed by atoms with Crippen molar-refractivity contribution in [2.75, 3.05) is 65.3 Å². The Morgan fingerprint density at radius 2 is 1.90 bits per heavy atom. The number of hydrogen-bond acceptors (Lipinski definition) is 6. The average molecular weight is 440 g/mol. The third-order valence-electron chi connectivity index (χ3n) is 5.68. The summed E-state index contributed by atoms with van der Waals surface area (Å²) in [6, 6.07) is 7.39. The van der Waals surface area contributed by atoms with Gasteiger partial charge in [-0.2, -0.15) is 4.31 Å². The molecule has 1 unspecified atom stereocenters. The SMILES string of the molecule is CCOc1ccc(CC(=O)N2CCC(N(CCN3CCOCC3)S(C)(=O)=O)C2)cc1. The van der Waals surface area contributed by atoms with Gasteiger partial charge >= 0.3 is 0 Å². The molecule has 1 atom stereocenters. The summed E-state index contributed by atoms with van der Waals surface area (Å²) in [6.45, 7) is 7.75. The number of hydrogen-bond donors (Lipinski definition) is 0. The van der Waals surface area contributed by atoms with Gasteiger partial charge in [-0.1, -0.05) is 12.1 Å². The zero-order valence-corrected chi connectivity index (χ0v) is 18.8. The first-order chi connectivity index (χ1) is 14.4. The van der Waals surface area contributed by atoms with E-state index < -0.39 is 10.0 Å². The highest BCUT2D eigenvalue weighted by atomic mass is 32.2. The van der Waals surface area contributed by atoms with Gasteiger partial charge in [0.05, 0.1) is 32.5 Å². The van der Waals surface area contributed by atoms with E-state index in [1.54, 1.807) is 9.21 Å². The van der Waals surface area contributed by atoms with Gasteiger partial charge in [-0.3, -0.25) is 9.69 Å². The highest BCUT2D eigenvalue weighted by Crippen LogP contribution is 2.20. The van der Waals surface area contributed by atoms with Crippen LogP contribution in [0.15, 0.2) is 24.3 Å². The van der Waals surface area contributed by atoms with Crippen molar-refractivity contribution in [1.82, 2.24) is 14.1 Å². The number of benzene rings is 1. The first-order valence-electron chi connectivity index (χ1n) is 10.6. The second-order valence-electron chi connectivity index (χ2n) is 7.86. The van der Waals surface area contributed by atoms with Gasteiger partial charge in [0.25, 0.3) is 0 Å². The maximum atomic E-state index is 12.8. The topological polar surface area (TPSA) is 79.4 Å². The lowest BCUT2D eigenvalue weighted by Gasteiger charge is -2.31. The average Bonchev–Trinajstić information content (AvgIpc) is 3.19. The van der Waals surface area contributed by atoms with E-state index in [-0.39, 0.29) is 11.9 Å². The molecule has 3 rings (SSSR count). The van der Waals surface area contributed by atoms with Gasteiger partial charge in [-0.05, 0) is 31.0 Å². The van der Waals surface area contributed by atoms with E-state index in [1.165, 1.54) is 6.26 Å². The van der Waals surface area contributed by atoms with Crippen molar-refractivity contribution in [3.63, 3.8) is 0 Å². The van der Waals surface area contributed by atoms with Crippen molar-refractivity contribution in [1.29, 1.82) is 0 Å². The number of amides is 1. The van der Waals surface area contributed by atoms with Crippen molar-refractivity contribution < 1.29 is 22.7 Å². The predicted molar refractivity (Wildman–Crippen MR) is 115 cm³/mol. The molecule has 1 aromatic carbocycles. The van der Waals surface area contributed by atoms with Gasteiger partial charge in [-0.15, -0.1) is 0 Å². The number of rotatable bonds is 9. The molecule has 0 bridgehead atoms. The minimum absolute atomic E-state index is 0.0308. The standard InChI is InChI=1S/C21H33N3O5S/c1-3-29-20-6-4-18(5-7-20)16-21(25)23-9-8-19(17-23)24(30(2,26)27)11-10-22-12-14-28-15-13-22/h4-7,19H,3,8-17H2,1-2H3. The molecule has 0 saturated carbocycles. The van der Waals surface area contributed by atoms with E-state index in [0.29, 0.717) is 58.8 Å². The van der Waals surface area contributed by atoms with Crippen molar-refractivity contribution >= 4 is 15.9 Å². The zero-order chi connectivity index (χ0) is 21.6. The third kappa shape index (κ3) is 6.41. The van der Waals surface area contributed by atoms with Gasteiger partial charge in [0.1, 0.15) is 5.75 Å². The van der Waals surface area contributed by atoms with Crippen LogP contribution < -0.4 is 4.74 Å². The molecule has 1 amide bonds. The normalized spacial score (nSPS) is 20.6. The minimum Gasteiger partial charge on any atom is -0.494 e. The first kappa shape index (κ1) is 23.0. The molecule has 2 saturated heterocycles. The first-order valence-corrected chi connectivity index (χ1v) is 12.5. The van der Waals surface area contributed by atoms with E-state index in [0.717, 1.165) is 24.4 Å². The molecule has 1 aromatic rings. The third-order valence-corrected chi connectivity index (χ3v) is 7.01. The Morgan fingerprint density at radius 1 is 1.20 bits per heavy atom. The molecule has 0 aromatic heterocycles. The van der Waals surface area contributed by atoms with Crippen LogP contribution in [0, 0.1) is 0 Å². The fourth-order valence-corrected chi connectivity index (χ4v) is 5.17. The molecule has 0 aliphatic carbocycles. The van der Waals surface area contributed by atoms with Crippen LogP contribution in [-0.2, 0) is 26.0 Å². The highest BCUT2D eigenvalue weighted by Gasteiger charge is 2.34. The number of sulfonamides is 1. The minimum atomic E-state index is -3.34. The predicted octanol–water partition coefficient (Wildman–Crippen LogP) is 0.823. The molecule has 9 heteroatoms. The van der Waals surface area contributed by atoms with Gasteiger partial charge in [0, 0.05) is 45.3 Å². The second kappa shape index (κ2) is 10.6. The van der Waals surface area contributed by atoms with Gasteiger partial charge in [0.2, 0.25) is 15.9 Å². The van der Waals surface area contributed by atoms with Crippen LogP contribution in [0.4, 0.5) is 0 Å². The number of nitrogens with zero attached hydrogens (tertiary/aromatic N) is 3. The van der Waals surface area contributed by atoms with Crippen LogP contribution in [-0.4, -0.2) is 99.8 Å².